The minimum atomic E-state index is -4.40. The molecule has 0 aromatic heterocycles. The zero-order chi connectivity index (χ0) is 18.6. The third kappa shape index (κ3) is 4.84. The van der Waals surface area contributed by atoms with E-state index in [0.717, 1.165) is 12.1 Å². The number of hydrogen-bond acceptors (Lipinski definition) is 2. The van der Waals surface area contributed by atoms with Crippen molar-refractivity contribution in [3.63, 3.8) is 0 Å². The number of halogens is 3. The molecule has 0 unspecified atom stereocenters. The number of likely N-dealkylation sites (tertiary alicyclic amines) is 1. The van der Waals surface area contributed by atoms with Gasteiger partial charge in [-0.15, -0.1) is 0 Å². The van der Waals surface area contributed by atoms with E-state index in [1.807, 2.05) is 0 Å². The van der Waals surface area contributed by atoms with E-state index >= 15 is 0 Å². The number of amides is 2. The number of alkyl halides is 3. The van der Waals surface area contributed by atoms with Gasteiger partial charge in [-0.05, 0) is 36.6 Å². The van der Waals surface area contributed by atoms with Crippen molar-refractivity contribution in [3.05, 3.63) is 48.0 Å². The van der Waals surface area contributed by atoms with Gasteiger partial charge in [-0.3, -0.25) is 9.59 Å². The van der Waals surface area contributed by atoms with Crippen LogP contribution in [-0.2, 0) is 22.3 Å². The van der Waals surface area contributed by atoms with Crippen LogP contribution in [0.2, 0.25) is 0 Å². The lowest BCUT2D eigenvalue weighted by Gasteiger charge is -2.32. The fourth-order valence-electron chi connectivity index (χ4n) is 2.99. The Labute approximate surface area is 144 Å². The highest BCUT2D eigenvalue weighted by Gasteiger charge is 2.31. The van der Waals surface area contributed by atoms with E-state index in [2.05, 4.69) is 6.58 Å². The Morgan fingerprint density at radius 1 is 1.32 bits per heavy atom. The molecule has 1 fully saturated rings. The molecule has 7 heteroatoms. The quantitative estimate of drug-likeness (QED) is 0.780. The van der Waals surface area contributed by atoms with Crippen LogP contribution in [0.3, 0.4) is 0 Å². The van der Waals surface area contributed by atoms with Crippen molar-refractivity contribution in [1.82, 2.24) is 9.80 Å². The fraction of sp³-hybridized carbons (Fsp3) is 0.444. The topological polar surface area (TPSA) is 40.6 Å². The van der Waals surface area contributed by atoms with Crippen molar-refractivity contribution in [1.29, 1.82) is 0 Å². The Bertz CT molecular complexity index is 650. The summed E-state index contributed by atoms with van der Waals surface area (Å²) in [7, 11) is 1.59. The van der Waals surface area contributed by atoms with Gasteiger partial charge in [-0.25, -0.2) is 0 Å². The summed E-state index contributed by atoms with van der Waals surface area (Å²) in [5.74, 6) is -0.476. The lowest BCUT2D eigenvalue weighted by Crippen LogP contribution is -2.42. The molecule has 1 saturated heterocycles. The van der Waals surface area contributed by atoms with E-state index in [1.54, 1.807) is 18.0 Å². The van der Waals surface area contributed by atoms with E-state index in [-0.39, 0.29) is 24.3 Å². The smallest absolute Gasteiger partial charge is 0.341 e. The van der Waals surface area contributed by atoms with Crippen LogP contribution in [-0.4, -0.2) is 41.8 Å². The van der Waals surface area contributed by atoms with Crippen LogP contribution < -0.4 is 0 Å². The highest BCUT2D eigenvalue weighted by atomic mass is 19.4. The Balaban J connectivity index is 1.95. The van der Waals surface area contributed by atoms with Gasteiger partial charge >= 0.3 is 6.18 Å². The van der Waals surface area contributed by atoms with Crippen LogP contribution in [0.15, 0.2) is 36.9 Å². The average Bonchev–Trinajstić information content (AvgIpc) is 2.60. The molecule has 4 nitrogen and oxygen atoms in total. The van der Waals surface area contributed by atoms with Gasteiger partial charge in [0.25, 0.3) is 0 Å². The molecule has 2 rings (SSSR count). The van der Waals surface area contributed by atoms with Crippen LogP contribution in [0, 0.1) is 5.92 Å². The molecule has 0 bridgehead atoms. The molecular weight excluding hydrogens is 333 g/mol. The summed E-state index contributed by atoms with van der Waals surface area (Å²) in [6.45, 7) is 4.53. The molecule has 25 heavy (non-hydrogen) atoms. The van der Waals surface area contributed by atoms with Gasteiger partial charge in [-0.2, -0.15) is 13.2 Å². The summed E-state index contributed by atoms with van der Waals surface area (Å²) in [5.41, 5.74) is -0.285. The van der Waals surface area contributed by atoms with Gasteiger partial charge in [0, 0.05) is 32.6 Å². The highest BCUT2D eigenvalue weighted by molar-refractivity contribution is 5.87. The number of rotatable bonds is 4. The minimum Gasteiger partial charge on any atom is -0.341 e. The van der Waals surface area contributed by atoms with Crippen molar-refractivity contribution in [3.8, 4) is 0 Å². The zero-order valence-corrected chi connectivity index (χ0v) is 14.1. The van der Waals surface area contributed by atoms with E-state index in [9.17, 15) is 22.8 Å². The SMILES string of the molecule is C=CC(=O)N1CCC(C(=O)N(C)Cc2cccc(C(F)(F)F)c2)CC1. The normalized spacial score (nSPS) is 15.8. The predicted molar refractivity (Wildman–Crippen MR) is 87.4 cm³/mol. The molecule has 0 radical (unpaired) electrons. The molecule has 1 aromatic carbocycles. The van der Waals surface area contributed by atoms with Crippen molar-refractivity contribution >= 4 is 11.8 Å². The molecule has 0 saturated carbocycles. The molecule has 1 heterocycles. The number of nitrogens with zero attached hydrogens (tertiary/aromatic N) is 2. The molecule has 0 N–H and O–H groups in total. The maximum absolute atomic E-state index is 12.8. The van der Waals surface area contributed by atoms with E-state index in [1.165, 1.54) is 17.0 Å². The van der Waals surface area contributed by atoms with E-state index < -0.39 is 11.7 Å². The molecule has 0 spiro atoms. The molecule has 1 aliphatic rings. The van der Waals surface area contributed by atoms with Crippen LogP contribution in [0.25, 0.3) is 0 Å². The molecule has 1 aromatic rings. The monoisotopic (exact) mass is 354 g/mol. The summed E-state index contributed by atoms with van der Waals surface area (Å²) in [6, 6.07) is 4.99. The minimum absolute atomic E-state index is 0.108. The third-order valence-electron chi connectivity index (χ3n) is 4.38. The standard InChI is InChI=1S/C18H21F3N2O2/c1-3-16(24)23-9-7-14(8-10-23)17(25)22(2)12-13-5-4-6-15(11-13)18(19,20)21/h3-6,11,14H,1,7-10,12H2,2H3. The van der Waals surface area contributed by atoms with Gasteiger partial charge < -0.3 is 9.80 Å². The van der Waals surface area contributed by atoms with E-state index in [0.29, 0.717) is 31.5 Å². The molecule has 0 atom stereocenters. The second-order valence-corrected chi connectivity index (χ2v) is 6.20. The fourth-order valence-corrected chi connectivity index (χ4v) is 2.99. The lowest BCUT2D eigenvalue weighted by atomic mass is 9.95. The summed E-state index contributed by atoms with van der Waals surface area (Å²) in [4.78, 5) is 27.2. The molecule has 1 aliphatic heterocycles. The van der Waals surface area contributed by atoms with E-state index in [4.69, 9.17) is 0 Å². The van der Waals surface area contributed by atoms with Crippen molar-refractivity contribution in [2.24, 2.45) is 5.92 Å². The maximum atomic E-state index is 12.8. The largest absolute Gasteiger partial charge is 0.416 e. The van der Waals surface area contributed by atoms with Gasteiger partial charge in [0.2, 0.25) is 11.8 Å². The number of carbonyl (C=O) groups excluding carboxylic acids is 2. The number of carbonyl (C=O) groups is 2. The molecule has 0 aliphatic carbocycles. The zero-order valence-electron chi connectivity index (χ0n) is 14.1. The number of piperidine rings is 1. The van der Waals surface area contributed by atoms with Crippen LogP contribution in [0.1, 0.15) is 24.0 Å². The highest BCUT2D eigenvalue weighted by Crippen LogP contribution is 2.30. The second kappa shape index (κ2) is 7.72. The first-order valence-electron chi connectivity index (χ1n) is 8.05. The van der Waals surface area contributed by atoms with Gasteiger partial charge in [0.1, 0.15) is 0 Å². The summed E-state index contributed by atoms with van der Waals surface area (Å²) in [6.07, 6.45) is -2.05. The third-order valence-corrected chi connectivity index (χ3v) is 4.38. The second-order valence-electron chi connectivity index (χ2n) is 6.20. The maximum Gasteiger partial charge on any atom is 0.416 e. The first-order chi connectivity index (χ1) is 11.7. The summed E-state index contributed by atoms with van der Waals surface area (Å²) >= 11 is 0. The first kappa shape index (κ1) is 19.0. The van der Waals surface area contributed by atoms with Crippen LogP contribution >= 0.6 is 0 Å². The Morgan fingerprint density at radius 2 is 1.96 bits per heavy atom. The van der Waals surface area contributed by atoms with Crippen LogP contribution in [0.5, 0.6) is 0 Å². The molecule has 2 amide bonds. The van der Waals surface area contributed by atoms with Crippen molar-refractivity contribution in [2.75, 3.05) is 20.1 Å². The van der Waals surface area contributed by atoms with Crippen LogP contribution in [0.4, 0.5) is 13.2 Å². The molecule has 136 valence electrons. The van der Waals surface area contributed by atoms with Gasteiger partial charge in [-0.1, -0.05) is 18.7 Å². The molecular formula is C18H21F3N2O2. The number of benzene rings is 1. The summed E-state index contributed by atoms with van der Waals surface area (Å²) in [5, 5.41) is 0. The lowest BCUT2D eigenvalue weighted by molar-refractivity contribution is -0.138. The predicted octanol–water partition coefficient (Wildman–Crippen LogP) is 3.09. The summed E-state index contributed by atoms with van der Waals surface area (Å²) < 4.78 is 38.3. The number of hydrogen-bond donors (Lipinski definition) is 0. The van der Waals surface area contributed by atoms with Gasteiger partial charge in [0.15, 0.2) is 0 Å². The first-order valence-corrected chi connectivity index (χ1v) is 8.05. The van der Waals surface area contributed by atoms with Crippen molar-refractivity contribution in [2.45, 2.75) is 25.6 Å². The Hall–Kier alpha value is -2.31. The van der Waals surface area contributed by atoms with Gasteiger partial charge in [0.05, 0.1) is 5.56 Å². The Kier molecular flexibility index (Phi) is 5.87. The average molecular weight is 354 g/mol. The Morgan fingerprint density at radius 3 is 2.52 bits per heavy atom. The van der Waals surface area contributed by atoms with Crippen molar-refractivity contribution < 1.29 is 22.8 Å².